The Hall–Kier alpha value is -3.76. The Kier molecular flexibility index (Phi) is 7.68. The molecule has 0 saturated heterocycles. The molecule has 0 aliphatic carbocycles. The maximum atomic E-state index is 13.2. The standard InChI is InChI=1S/C24H19FN2O3S/c25-19-11-9-18(10-12-19)16-21(22-8-4-15-31-22)24(29)30-17-23(28)27(14-5-13-26)20-6-2-1-3-7-20/h1-4,6-12,15-16H,5,14,17H2. The summed E-state index contributed by atoms with van der Waals surface area (Å²) in [5.41, 5.74) is 1.53. The summed E-state index contributed by atoms with van der Waals surface area (Å²) in [5, 5.41) is 10.7. The van der Waals surface area contributed by atoms with Crippen molar-refractivity contribution in [3.63, 3.8) is 0 Å². The first-order valence-corrected chi connectivity index (χ1v) is 10.4. The van der Waals surface area contributed by atoms with E-state index in [2.05, 4.69) is 0 Å². The first-order chi connectivity index (χ1) is 15.1. The van der Waals surface area contributed by atoms with E-state index in [0.717, 1.165) is 0 Å². The molecule has 31 heavy (non-hydrogen) atoms. The van der Waals surface area contributed by atoms with Gasteiger partial charge >= 0.3 is 5.97 Å². The zero-order valence-electron chi connectivity index (χ0n) is 16.5. The molecule has 1 amide bonds. The molecule has 7 heteroatoms. The van der Waals surface area contributed by atoms with Crippen LogP contribution in [0.15, 0.2) is 72.1 Å². The van der Waals surface area contributed by atoms with E-state index in [1.165, 1.54) is 28.4 Å². The van der Waals surface area contributed by atoms with Gasteiger partial charge in [0.1, 0.15) is 5.82 Å². The van der Waals surface area contributed by atoms with Crippen molar-refractivity contribution in [2.24, 2.45) is 0 Å². The molecule has 0 atom stereocenters. The predicted octanol–water partition coefficient (Wildman–Crippen LogP) is 4.92. The summed E-state index contributed by atoms with van der Waals surface area (Å²) in [6, 6.07) is 20.2. The van der Waals surface area contributed by atoms with E-state index in [-0.39, 0.29) is 24.4 Å². The average molecular weight is 434 g/mol. The number of halogens is 1. The average Bonchev–Trinajstić information content (AvgIpc) is 3.32. The van der Waals surface area contributed by atoms with Crippen LogP contribution in [-0.2, 0) is 14.3 Å². The topological polar surface area (TPSA) is 70.4 Å². The zero-order chi connectivity index (χ0) is 22.1. The molecule has 0 aliphatic heterocycles. The van der Waals surface area contributed by atoms with Gasteiger partial charge in [-0.05, 0) is 47.4 Å². The van der Waals surface area contributed by atoms with Gasteiger partial charge in [-0.3, -0.25) is 4.79 Å². The number of thiophene rings is 1. The van der Waals surface area contributed by atoms with Crippen molar-refractivity contribution >= 4 is 40.5 Å². The summed E-state index contributed by atoms with van der Waals surface area (Å²) in [4.78, 5) is 27.6. The lowest BCUT2D eigenvalue weighted by molar-refractivity contribution is -0.142. The Morgan fingerprint density at radius 1 is 1.06 bits per heavy atom. The van der Waals surface area contributed by atoms with Crippen molar-refractivity contribution < 1.29 is 18.7 Å². The lowest BCUT2D eigenvalue weighted by Gasteiger charge is -2.21. The molecule has 0 unspecified atom stereocenters. The van der Waals surface area contributed by atoms with E-state index < -0.39 is 18.5 Å². The van der Waals surface area contributed by atoms with Crippen LogP contribution in [0.4, 0.5) is 10.1 Å². The van der Waals surface area contributed by atoms with Gasteiger partial charge in [0.15, 0.2) is 6.61 Å². The number of nitriles is 1. The second kappa shape index (κ2) is 10.9. The van der Waals surface area contributed by atoms with Gasteiger partial charge in [-0.2, -0.15) is 5.26 Å². The van der Waals surface area contributed by atoms with Crippen molar-refractivity contribution in [2.45, 2.75) is 6.42 Å². The van der Waals surface area contributed by atoms with Crippen LogP contribution < -0.4 is 4.90 Å². The van der Waals surface area contributed by atoms with Crippen LogP contribution in [0.2, 0.25) is 0 Å². The summed E-state index contributed by atoms with van der Waals surface area (Å²) < 4.78 is 18.5. The minimum absolute atomic E-state index is 0.152. The molecule has 1 aromatic heterocycles. The minimum Gasteiger partial charge on any atom is -0.452 e. The number of nitrogens with zero attached hydrogens (tertiary/aromatic N) is 2. The molecule has 0 aliphatic rings. The van der Waals surface area contributed by atoms with E-state index in [9.17, 15) is 14.0 Å². The van der Waals surface area contributed by atoms with Crippen molar-refractivity contribution in [2.75, 3.05) is 18.1 Å². The molecule has 0 fully saturated rings. The molecular weight excluding hydrogens is 415 g/mol. The number of hydrogen-bond donors (Lipinski definition) is 0. The molecule has 0 radical (unpaired) electrons. The summed E-state index contributed by atoms with van der Waals surface area (Å²) >= 11 is 1.36. The SMILES string of the molecule is N#CCCN(C(=O)COC(=O)C(=Cc1ccc(F)cc1)c1cccs1)c1ccccc1. The van der Waals surface area contributed by atoms with Gasteiger partial charge in [-0.1, -0.05) is 36.4 Å². The fraction of sp³-hybridized carbons (Fsp3) is 0.125. The Balaban J connectivity index is 1.76. The van der Waals surface area contributed by atoms with Crippen LogP contribution in [0.3, 0.4) is 0 Å². The van der Waals surface area contributed by atoms with Gasteiger partial charge in [0, 0.05) is 17.1 Å². The first-order valence-electron chi connectivity index (χ1n) is 9.49. The quantitative estimate of drug-likeness (QED) is 0.373. The van der Waals surface area contributed by atoms with E-state index in [1.807, 2.05) is 17.5 Å². The molecule has 0 saturated carbocycles. The van der Waals surface area contributed by atoms with Crippen LogP contribution in [-0.4, -0.2) is 25.0 Å². The number of benzene rings is 2. The summed E-state index contributed by atoms with van der Waals surface area (Å²) in [6.45, 7) is -0.272. The Bertz CT molecular complexity index is 1090. The highest BCUT2D eigenvalue weighted by molar-refractivity contribution is 7.11. The Labute approximate surface area is 183 Å². The van der Waals surface area contributed by atoms with E-state index in [4.69, 9.17) is 10.00 Å². The second-order valence-electron chi connectivity index (χ2n) is 6.45. The number of anilines is 1. The number of amides is 1. The Morgan fingerprint density at radius 3 is 2.45 bits per heavy atom. The molecule has 5 nitrogen and oxygen atoms in total. The molecule has 0 bridgehead atoms. The maximum absolute atomic E-state index is 13.2. The van der Waals surface area contributed by atoms with Gasteiger partial charge in [0.25, 0.3) is 5.91 Å². The number of rotatable bonds is 8. The van der Waals surface area contributed by atoms with Crippen LogP contribution in [0.5, 0.6) is 0 Å². The molecular formula is C24H19FN2O3S. The molecule has 3 rings (SSSR count). The van der Waals surface area contributed by atoms with Crippen LogP contribution in [0.25, 0.3) is 11.6 Å². The third-order valence-corrected chi connectivity index (χ3v) is 5.23. The summed E-state index contributed by atoms with van der Waals surface area (Å²) in [7, 11) is 0. The van der Waals surface area contributed by atoms with Crippen LogP contribution >= 0.6 is 11.3 Å². The fourth-order valence-electron chi connectivity index (χ4n) is 2.84. The second-order valence-corrected chi connectivity index (χ2v) is 7.40. The zero-order valence-corrected chi connectivity index (χ0v) is 17.3. The largest absolute Gasteiger partial charge is 0.452 e. The van der Waals surface area contributed by atoms with Gasteiger partial charge in [0.05, 0.1) is 18.1 Å². The molecule has 3 aromatic rings. The lowest BCUT2D eigenvalue weighted by Crippen LogP contribution is -2.35. The summed E-state index contributed by atoms with van der Waals surface area (Å²) in [6.07, 6.45) is 1.75. The number of hydrogen-bond acceptors (Lipinski definition) is 5. The van der Waals surface area contributed by atoms with E-state index in [1.54, 1.807) is 54.6 Å². The number of carbonyl (C=O) groups is 2. The highest BCUT2D eigenvalue weighted by atomic mass is 32.1. The van der Waals surface area contributed by atoms with Crippen molar-refractivity contribution in [3.05, 3.63) is 88.4 Å². The van der Waals surface area contributed by atoms with Gasteiger partial charge in [-0.15, -0.1) is 11.3 Å². The third-order valence-electron chi connectivity index (χ3n) is 4.33. The Morgan fingerprint density at radius 2 is 1.81 bits per heavy atom. The molecule has 156 valence electrons. The van der Waals surface area contributed by atoms with Gasteiger partial charge < -0.3 is 9.64 Å². The third kappa shape index (κ3) is 6.11. The minimum atomic E-state index is -0.659. The highest BCUT2D eigenvalue weighted by Crippen LogP contribution is 2.24. The van der Waals surface area contributed by atoms with Crippen LogP contribution in [0.1, 0.15) is 16.9 Å². The number of esters is 1. The van der Waals surface area contributed by atoms with Crippen LogP contribution in [0, 0.1) is 17.1 Å². The molecule has 0 N–H and O–H groups in total. The number of para-hydroxylation sites is 1. The first kappa shape index (κ1) is 21.9. The number of carbonyl (C=O) groups excluding carboxylic acids is 2. The van der Waals surface area contributed by atoms with Crippen molar-refractivity contribution in [1.29, 1.82) is 5.26 Å². The number of ether oxygens (including phenoxy) is 1. The van der Waals surface area contributed by atoms with E-state index >= 15 is 0 Å². The van der Waals surface area contributed by atoms with Gasteiger partial charge in [0.2, 0.25) is 0 Å². The normalized spacial score (nSPS) is 10.9. The van der Waals surface area contributed by atoms with Gasteiger partial charge in [-0.25, -0.2) is 9.18 Å². The highest BCUT2D eigenvalue weighted by Gasteiger charge is 2.20. The lowest BCUT2D eigenvalue weighted by atomic mass is 10.1. The molecule has 0 spiro atoms. The maximum Gasteiger partial charge on any atom is 0.340 e. The smallest absolute Gasteiger partial charge is 0.340 e. The molecule has 1 heterocycles. The van der Waals surface area contributed by atoms with Crippen molar-refractivity contribution in [1.82, 2.24) is 0 Å². The monoisotopic (exact) mass is 434 g/mol. The van der Waals surface area contributed by atoms with E-state index in [0.29, 0.717) is 16.1 Å². The van der Waals surface area contributed by atoms with Crippen molar-refractivity contribution in [3.8, 4) is 6.07 Å². The fourth-order valence-corrected chi connectivity index (χ4v) is 3.57. The predicted molar refractivity (Wildman–Crippen MR) is 119 cm³/mol. The molecule has 2 aromatic carbocycles. The summed E-state index contributed by atoms with van der Waals surface area (Å²) in [5.74, 6) is -1.46.